The molecule has 6 nitrogen and oxygen atoms in total. The van der Waals surface area contributed by atoms with Crippen LogP contribution in [0.3, 0.4) is 0 Å². The minimum atomic E-state index is -4.84. The maximum absolute atomic E-state index is 13.6. The van der Waals surface area contributed by atoms with Gasteiger partial charge in [0.05, 0.1) is 19.0 Å². The molecule has 0 saturated carbocycles. The predicted molar refractivity (Wildman–Crippen MR) is 85.4 cm³/mol. The van der Waals surface area contributed by atoms with Crippen molar-refractivity contribution >= 4 is 28.3 Å². The van der Waals surface area contributed by atoms with E-state index in [4.69, 9.17) is 0 Å². The number of benzene rings is 2. The van der Waals surface area contributed by atoms with Gasteiger partial charge in [0, 0.05) is 22.0 Å². The van der Waals surface area contributed by atoms with Crippen LogP contribution in [-0.2, 0) is 10.9 Å². The van der Waals surface area contributed by atoms with Crippen LogP contribution in [0.25, 0.3) is 16.5 Å². The number of methoxy groups -OCH3 is 1. The number of esters is 1. The summed E-state index contributed by atoms with van der Waals surface area (Å²) in [7, 11) is 0.996. The summed E-state index contributed by atoms with van der Waals surface area (Å²) in [5.41, 5.74) is -0.934. The highest BCUT2D eigenvalue weighted by Gasteiger charge is 2.41. The first kappa shape index (κ1) is 16.1. The van der Waals surface area contributed by atoms with E-state index in [0.29, 0.717) is 26.7 Å². The number of rotatable bonds is 2. The third kappa shape index (κ3) is 2.17. The Morgan fingerprint density at radius 1 is 1.23 bits per heavy atom. The average molecular weight is 361 g/mol. The molecular formula is C17H10F3N3O3. The van der Waals surface area contributed by atoms with Crippen LogP contribution in [0.4, 0.5) is 18.9 Å². The maximum Gasteiger partial charge on any atom is 0.434 e. The van der Waals surface area contributed by atoms with Gasteiger partial charge >= 0.3 is 12.1 Å². The van der Waals surface area contributed by atoms with Gasteiger partial charge in [0.1, 0.15) is 5.56 Å². The summed E-state index contributed by atoms with van der Waals surface area (Å²) in [5.74, 6) is -1.46. The first-order valence-corrected chi connectivity index (χ1v) is 7.44. The fourth-order valence-electron chi connectivity index (χ4n) is 3.12. The molecule has 26 heavy (non-hydrogen) atoms. The van der Waals surface area contributed by atoms with Crippen molar-refractivity contribution in [3.05, 3.63) is 53.3 Å². The molecular weight excluding hydrogens is 351 g/mol. The predicted octanol–water partition coefficient (Wildman–Crippen LogP) is 3.40. The number of amides is 1. The molecule has 1 aliphatic rings. The third-order valence-electron chi connectivity index (χ3n) is 4.18. The van der Waals surface area contributed by atoms with Crippen molar-refractivity contribution in [1.29, 1.82) is 0 Å². The summed E-state index contributed by atoms with van der Waals surface area (Å²) in [6, 6.07) is 7.68. The third-order valence-corrected chi connectivity index (χ3v) is 4.18. The number of hydrogen-bond donors (Lipinski definition) is 1. The Labute approximate surface area is 144 Å². The molecule has 0 aliphatic carbocycles. The zero-order valence-electron chi connectivity index (χ0n) is 13.2. The number of carbonyl (C=O) groups excluding carboxylic acids is 2. The van der Waals surface area contributed by atoms with E-state index in [1.165, 1.54) is 12.1 Å². The van der Waals surface area contributed by atoms with Gasteiger partial charge in [0.15, 0.2) is 5.69 Å². The summed E-state index contributed by atoms with van der Waals surface area (Å²) in [4.78, 5) is 23.7. The molecule has 4 rings (SSSR count). The second kappa shape index (κ2) is 5.32. The average Bonchev–Trinajstić information content (AvgIpc) is 3.18. The zero-order valence-corrected chi connectivity index (χ0v) is 13.2. The summed E-state index contributed by atoms with van der Waals surface area (Å²) in [5, 5.41) is 7.34. The lowest BCUT2D eigenvalue weighted by atomic mass is 10.0. The van der Waals surface area contributed by atoms with Crippen molar-refractivity contribution in [2.75, 3.05) is 12.4 Å². The monoisotopic (exact) mass is 361 g/mol. The van der Waals surface area contributed by atoms with Crippen molar-refractivity contribution in [2.45, 2.75) is 6.18 Å². The van der Waals surface area contributed by atoms with Crippen LogP contribution in [0.1, 0.15) is 26.4 Å². The summed E-state index contributed by atoms with van der Waals surface area (Å²) in [6.45, 7) is 0. The molecule has 1 N–H and O–H groups in total. The number of hydrogen-bond acceptors (Lipinski definition) is 4. The number of nitrogens with zero attached hydrogens (tertiary/aromatic N) is 2. The first-order chi connectivity index (χ1) is 12.3. The molecule has 132 valence electrons. The fourth-order valence-corrected chi connectivity index (χ4v) is 3.12. The Hall–Kier alpha value is -3.36. The summed E-state index contributed by atoms with van der Waals surface area (Å²) in [6.07, 6.45) is -4.02. The van der Waals surface area contributed by atoms with Gasteiger partial charge in [-0.25, -0.2) is 9.48 Å². The molecule has 0 radical (unpaired) electrons. The molecule has 0 unspecified atom stereocenters. The van der Waals surface area contributed by atoms with Crippen LogP contribution in [0.5, 0.6) is 0 Å². The van der Waals surface area contributed by atoms with Crippen molar-refractivity contribution in [2.24, 2.45) is 0 Å². The molecule has 1 amide bonds. The summed E-state index contributed by atoms with van der Waals surface area (Å²) >= 11 is 0. The van der Waals surface area contributed by atoms with Crippen LogP contribution in [0.2, 0.25) is 0 Å². The normalized spacial score (nSPS) is 13.2. The molecule has 1 aromatic heterocycles. The quantitative estimate of drug-likeness (QED) is 0.710. The number of aromatic nitrogens is 2. The fraction of sp³-hybridized carbons (Fsp3) is 0.118. The van der Waals surface area contributed by atoms with E-state index in [1.807, 2.05) is 0 Å². The Kier molecular flexibility index (Phi) is 3.30. The Morgan fingerprint density at radius 3 is 2.69 bits per heavy atom. The standard InChI is InChI=1S/C17H10F3N3O3/c1-26-16(25)10-7-21-23(14(10)17(18,19)20)12-6-5-11-13-8(12)3-2-4-9(13)15(24)22-11/h2-7H,1H3,(H,22,24). The molecule has 2 heterocycles. The zero-order chi connectivity index (χ0) is 18.6. The van der Waals surface area contributed by atoms with E-state index in [9.17, 15) is 22.8 Å². The highest BCUT2D eigenvalue weighted by molar-refractivity contribution is 6.25. The lowest BCUT2D eigenvalue weighted by molar-refractivity contribution is -0.143. The Balaban J connectivity index is 2.04. The van der Waals surface area contributed by atoms with E-state index >= 15 is 0 Å². The van der Waals surface area contributed by atoms with E-state index in [2.05, 4.69) is 15.2 Å². The van der Waals surface area contributed by atoms with E-state index in [-0.39, 0.29) is 11.6 Å². The molecule has 0 spiro atoms. The largest absolute Gasteiger partial charge is 0.465 e. The van der Waals surface area contributed by atoms with Gasteiger partial charge in [-0.15, -0.1) is 0 Å². The molecule has 2 aromatic carbocycles. The first-order valence-electron chi connectivity index (χ1n) is 7.44. The SMILES string of the molecule is COC(=O)c1cnn(-c2ccc3c4c(cccc24)C(=O)N3)c1C(F)(F)F. The highest BCUT2D eigenvalue weighted by Crippen LogP contribution is 2.39. The minimum absolute atomic E-state index is 0.101. The smallest absolute Gasteiger partial charge is 0.434 e. The van der Waals surface area contributed by atoms with Gasteiger partial charge < -0.3 is 10.1 Å². The molecule has 0 fully saturated rings. The Morgan fingerprint density at radius 2 is 2.00 bits per heavy atom. The lowest BCUT2D eigenvalue weighted by Crippen LogP contribution is -2.18. The van der Waals surface area contributed by atoms with Crippen LogP contribution < -0.4 is 5.32 Å². The van der Waals surface area contributed by atoms with Crippen molar-refractivity contribution in [3.63, 3.8) is 0 Å². The second-order valence-corrected chi connectivity index (χ2v) is 5.62. The van der Waals surface area contributed by atoms with Gasteiger partial charge in [0.25, 0.3) is 5.91 Å². The van der Waals surface area contributed by atoms with Crippen LogP contribution >= 0.6 is 0 Å². The van der Waals surface area contributed by atoms with Crippen molar-refractivity contribution in [1.82, 2.24) is 9.78 Å². The van der Waals surface area contributed by atoms with Gasteiger partial charge in [-0.1, -0.05) is 12.1 Å². The molecule has 0 saturated heterocycles. The molecule has 0 bridgehead atoms. The number of anilines is 1. The van der Waals surface area contributed by atoms with E-state index < -0.39 is 23.4 Å². The second-order valence-electron chi connectivity index (χ2n) is 5.62. The van der Waals surface area contributed by atoms with Gasteiger partial charge in [0.2, 0.25) is 0 Å². The lowest BCUT2D eigenvalue weighted by Gasteiger charge is -2.14. The van der Waals surface area contributed by atoms with Gasteiger partial charge in [-0.2, -0.15) is 18.3 Å². The number of nitrogens with one attached hydrogen (secondary N) is 1. The molecule has 9 heteroatoms. The van der Waals surface area contributed by atoms with Gasteiger partial charge in [-0.05, 0) is 18.2 Å². The number of ether oxygens (including phenoxy) is 1. The molecule has 1 aliphatic heterocycles. The minimum Gasteiger partial charge on any atom is -0.465 e. The maximum atomic E-state index is 13.6. The number of halogens is 3. The molecule has 0 atom stereocenters. The van der Waals surface area contributed by atoms with Gasteiger partial charge in [-0.3, -0.25) is 4.79 Å². The van der Waals surface area contributed by atoms with E-state index in [0.717, 1.165) is 13.3 Å². The van der Waals surface area contributed by atoms with Crippen molar-refractivity contribution < 1.29 is 27.5 Å². The van der Waals surface area contributed by atoms with Crippen LogP contribution in [0.15, 0.2) is 36.5 Å². The van der Waals surface area contributed by atoms with Crippen LogP contribution in [-0.4, -0.2) is 28.8 Å². The topological polar surface area (TPSA) is 73.2 Å². The number of alkyl halides is 3. The summed E-state index contributed by atoms with van der Waals surface area (Å²) < 4.78 is 45.9. The molecule has 3 aromatic rings. The Bertz CT molecular complexity index is 1090. The van der Waals surface area contributed by atoms with Crippen molar-refractivity contribution in [3.8, 4) is 5.69 Å². The van der Waals surface area contributed by atoms with Crippen LogP contribution in [0, 0.1) is 0 Å². The van der Waals surface area contributed by atoms with E-state index in [1.54, 1.807) is 18.2 Å². The number of carbonyl (C=O) groups is 2. The highest BCUT2D eigenvalue weighted by atomic mass is 19.4.